The van der Waals surface area contributed by atoms with Gasteiger partial charge in [0.1, 0.15) is 6.10 Å². The zero-order valence-electron chi connectivity index (χ0n) is 8.65. The fraction of sp³-hybridized carbons (Fsp3) is 0.889. The number of ether oxygens (including phenoxy) is 1. The van der Waals surface area contributed by atoms with Crippen molar-refractivity contribution in [1.82, 2.24) is 9.80 Å². The summed E-state index contributed by atoms with van der Waals surface area (Å²) >= 11 is 0. The molecule has 80 valence electrons. The van der Waals surface area contributed by atoms with E-state index < -0.39 is 0 Å². The van der Waals surface area contributed by atoms with Crippen molar-refractivity contribution in [2.24, 2.45) is 10.7 Å². The van der Waals surface area contributed by atoms with E-state index in [1.54, 1.807) is 0 Å². The molecule has 5 heteroatoms. The highest BCUT2D eigenvalue weighted by molar-refractivity contribution is 5.73. The summed E-state index contributed by atoms with van der Waals surface area (Å²) in [6, 6.07) is 0.351. The van der Waals surface area contributed by atoms with E-state index in [-0.39, 0.29) is 6.10 Å². The van der Waals surface area contributed by atoms with Crippen LogP contribution in [0.2, 0.25) is 0 Å². The molecule has 2 aliphatic heterocycles. The van der Waals surface area contributed by atoms with Crippen LogP contribution in [-0.2, 0) is 4.74 Å². The van der Waals surface area contributed by atoms with Gasteiger partial charge in [-0.15, -0.1) is 0 Å². The van der Waals surface area contributed by atoms with E-state index in [4.69, 9.17) is 10.5 Å². The first-order chi connectivity index (χ1) is 6.74. The fourth-order valence-electron chi connectivity index (χ4n) is 1.85. The Labute approximate surface area is 84.5 Å². The summed E-state index contributed by atoms with van der Waals surface area (Å²) in [6.07, 6.45) is 0.179. The quantitative estimate of drug-likeness (QED) is 0.615. The average molecular weight is 198 g/mol. The number of piperazine rings is 1. The number of nitrogens with zero attached hydrogens (tertiary/aromatic N) is 3. The Kier molecular flexibility index (Phi) is 2.88. The van der Waals surface area contributed by atoms with Crippen molar-refractivity contribution in [2.75, 3.05) is 46.3 Å². The molecule has 1 atom stereocenters. The van der Waals surface area contributed by atoms with Crippen molar-refractivity contribution >= 4 is 6.02 Å². The molecular weight excluding hydrogens is 180 g/mol. The first kappa shape index (κ1) is 9.73. The van der Waals surface area contributed by atoms with E-state index in [1.807, 2.05) is 0 Å². The molecule has 0 aliphatic carbocycles. The summed E-state index contributed by atoms with van der Waals surface area (Å²) < 4.78 is 5.36. The molecule has 2 rings (SSSR count). The smallest absolute Gasteiger partial charge is 0.282 e. The standard InChI is InChI=1S/C9H18N4O/c1-12-2-4-13(5-3-12)7-8-6-11-9(10)14-8/h8H,2-7H2,1H3,(H2,10,11). The van der Waals surface area contributed by atoms with Crippen LogP contribution in [0.3, 0.4) is 0 Å². The Morgan fingerprint density at radius 2 is 2.14 bits per heavy atom. The molecule has 1 saturated heterocycles. The van der Waals surface area contributed by atoms with Crippen LogP contribution in [0, 0.1) is 0 Å². The van der Waals surface area contributed by atoms with Crippen molar-refractivity contribution in [3.05, 3.63) is 0 Å². The van der Waals surface area contributed by atoms with Gasteiger partial charge in [-0.2, -0.15) is 0 Å². The molecule has 0 amide bonds. The Morgan fingerprint density at radius 1 is 1.43 bits per heavy atom. The summed E-state index contributed by atoms with van der Waals surface area (Å²) in [5.41, 5.74) is 5.45. The lowest BCUT2D eigenvalue weighted by Gasteiger charge is -2.33. The Hall–Kier alpha value is -0.810. The second-order valence-corrected chi connectivity index (χ2v) is 4.02. The van der Waals surface area contributed by atoms with Crippen LogP contribution in [-0.4, -0.2) is 68.2 Å². The van der Waals surface area contributed by atoms with Gasteiger partial charge in [0, 0.05) is 32.7 Å². The molecule has 5 nitrogen and oxygen atoms in total. The molecule has 14 heavy (non-hydrogen) atoms. The lowest BCUT2D eigenvalue weighted by molar-refractivity contribution is 0.100. The van der Waals surface area contributed by atoms with Crippen molar-refractivity contribution in [3.63, 3.8) is 0 Å². The highest BCUT2D eigenvalue weighted by Crippen LogP contribution is 2.06. The minimum absolute atomic E-state index is 0.179. The molecule has 2 aliphatic rings. The van der Waals surface area contributed by atoms with E-state index >= 15 is 0 Å². The first-order valence-electron chi connectivity index (χ1n) is 5.11. The van der Waals surface area contributed by atoms with E-state index in [1.165, 1.54) is 0 Å². The van der Waals surface area contributed by atoms with Gasteiger partial charge in [0.15, 0.2) is 0 Å². The third-order valence-electron chi connectivity index (χ3n) is 2.80. The van der Waals surface area contributed by atoms with E-state index in [0.29, 0.717) is 6.02 Å². The normalized spacial score (nSPS) is 30.1. The molecule has 0 spiro atoms. The maximum atomic E-state index is 5.45. The molecule has 0 bridgehead atoms. The van der Waals surface area contributed by atoms with Crippen LogP contribution in [0.4, 0.5) is 0 Å². The Morgan fingerprint density at radius 3 is 2.71 bits per heavy atom. The van der Waals surface area contributed by atoms with Gasteiger partial charge in [-0.25, -0.2) is 4.99 Å². The lowest BCUT2D eigenvalue weighted by atomic mass is 10.3. The van der Waals surface area contributed by atoms with E-state index in [9.17, 15) is 0 Å². The molecular formula is C9H18N4O. The predicted molar refractivity (Wildman–Crippen MR) is 55.3 cm³/mol. The van der Waals surface area contributed by atoms with Crippen LogP contribution >= 0.6 is 0 Å². The SMILES string of the molecule is CN1CCN(CC2CN=C(N)O2)CC1. The van der Waals surface area contributed by atoms with Gasteiger partial charge in [-0.05, 0) is 7.05 Å². The van der Waals surface area contributed by atoms with Gasteiger partial charge in [0.25, 0.3) is 6.02 Å². The molecule has 2 N–H and O–H groups in total. The second kappa shape index (κ2) is 4.14. The predicted octanol–water partition coefficient (Wildman–Crippen LogP) is -1.05. The number of hydrogen-bond donors (Lipinski definition) is 1. The van der Waals surface area contributed by atoms with Crippen LogP contribution in [0.5, 0.6) is 0 Å². The van der Waals surface area contributed by atoms with Crippen LogP contribution in [0.1, 0.15) is 0 Å². The van der Waals surface area contributed by atoms with Crippen molar-refractivity contribution in [1.29, 1.82) is 0 Å². The van der Waals surface area contributed by atoms with E-state index in [2.05, 4.69) is 21.8 Å². The molecule has 0 aromatic heterocycles. The van der Waals surface area contributed by atoms with Crippen LogP contribution < -0.4 is 5.73 Å². The van der Waals surface area contributed by atoms with Crippen LogP contribution in [0.15, 0.2) is 4.99 Å². The number of aliphatic imine (C=N–C) groups is 1. The maximum absolute atomic E-state index is 5.45. The molecule has 1 unspecified atom stereocenters. The van der Waals surface area contributed by atoms with Gasteiger partial charge in [0.2, 0.25) is 0 Å². The maximum Gasteiger partial charge on any atom is 0.282 e. The number of likely N-dealkylation sites (N-methyl/N-ethyl adjacent to an activating group) is 1. The number of nitrogens with two attached hydrogens (primary N) is 1. The van der Waals surface area contributed by atoms with Gasteiger partial charge >= 0.3 is 0 Å². The van der Waals surface area contributed by atoms with E-state index in [0.717, 1.165) is 39.3 Å². The first-order valence-corrected chi connectivity index (χ1v) is 5.11. The zero-order valence-corrected chi connectivity index (χ0v) is 8.65. The summed E-state index contributed by atoms with van der Waals surface area (Å²) in [6.45, 7) is 6.20. The summed E-state index contributed by atoms with van der Waals surface area (Å²) in [7, 11) is 2.16. The van der Waals surface area contributed by atoms with Crippen molar-refractivity contribution < 1.29 is 4.74 Å². The van der Waals surface area contributed by atoms with Gasteiger partial charge < -0.3 is 15.4 Å². The highest BCUT2D eigenvalue weighted by Gasteiger charge is 2.22. The average Bonchev–Trinajstić information content (AvgIpc) is 2.56. The van der Waals surface area contributed by atoms with Crippen molar-refractivity contribution in [3.8, 4) is 0 Å². The van der Waals surface area contributed by atoms with Crippen molar-refractivity contribution in [2.45, 2.75) is 6.10 Å². The third-order valence-corrected chi connectivity index (χ3v) is 2.80. The third kappa shape index (κ3) is 2.36. The monoisotopic (exact) mass is 198 g/mol. The van der Waals surface area contributed by atoms with Gasteiger partial charge in [-0.1, -0.05) is 0 Å². The topological polar surface area (TPSA) is 54.1 Å². The number of hydrogen-bond acceptors (Lipinski definition) is 5. The van der Waals surface area contributed by atoms with Crippen LogP contribution in [0.25, 0.3) is 0 Å². The fourth-order valence-corrected chi connectivity index (χ4v) is 1.85. The summed E-state index contributed by atoms with van der Waals surface area (Å²) in [5, 5.41) is 0. The lowest BCUT2D eigenvalue weighted by Crippen LogP contribution is -2.47. The molecule has 0 saturated carbocycles. The zero-order chi connectivity index (χ0) is 9.97. The Balaban J connectivity index is 1.71. The van der Waals surface area contributed by atoms with Gasteiger partial charge in [-0.3, -0.25) is 4.90 Å². The summed E-state index contributed by atoms with van der Waals surface area (Å²) in [5.74, 6) is 0. The highest BCUT2D eigenvalue weighted by atomic mass is 16.5. The minimum Gasteiger partial charge on any atom is -0.459 e. The number of rotatable bonds is 2. The second-order valence-electron chi connectivity index (χ2n) is 4.02. The Bertz CT molecular complexity index is 223. The molecule has 0 aromatic carbocycles. The number of amidine groups is 1. The largest absolute Gasteiger partial charge is 0.459 e. The molecule has 0 radical (unpaired) electrons. The van der Waals surface area contributed by atoms with Gasteiger partial charge in [0.05, 0.1) is 6.54 Å². The minimum atomic E-state index is 0.179. The molecule has 1 fully saturated rings. The molecule has 2 heterocycles. The molecule has 0 aromatic rings. The summed E-state index contributed by atoms with van der Waals surface area (Å²) in [4.78, 5) is 8.79.